The van der Waals surface area contributed by atoms with Crippen molar-refractivity contribution in [2.45, 2.75) is 11.3 Å². The molecule has 0 aliphatic carbocycles. The number of nitrogens with one attached hydrogen (secondary N) is 1. The topological polar surface area (TPSA) is 72.7 Å². The molecule has 0 saturated carbocycles. The number of benzene rings is 1. The molecule has 0 spiro atoms. The number of imidazole rings is 1. The maximum atomic E-state index is 12.9. The fourth-order valence-electron chi connectivity index (χ4n) is 2.33. The van der Waals surface area contributed by atoms with Gasteiger partial charge in [0.1, 0.15) is 5.82 Å². The summed E-state index contributed by atoms with van der Waals surface area (Å²) >= 11 is 0. The number of sulfonamides is 1. The Morgan fingerprint density at radius 1 is 1.25 bits per heavy atom. The first-order valence-corrected chi connectivity index (χ1v) is 8.74. The Bertz CT molecular complexity index is 952. The van der Waals surface area contributed by atoms with Crippen LogP contribution in [0.4, 0.5) is 4.39 Å². The molecule has 0 fully saturated rings. The SMILES string of the molecule is COc1cccn2cc(CCNS(=O)(=O)c3ccc(F)cc3)nc12. The molecule has 0 aliphatic rings. The molecule has 0 amide bonds. The first-order chi connectivity index (χ1) is 11.5. The second-order valence-corrected chi connectivity index (χ2v) is 6.91. The third-order valence-electron chi connectivity index (χ3n) is 3.51. The lowest BCUT2D eigenvalue weighted by atomic mass is 10.3. The van der Waals surface area contributed by atoms with E-state index in [2.05, 4.69) is 9.71 Å². The summed E-state index contributed by atoms with van der Waals surface area (Å²) in [5, 5.41) is 0. The van der Waals surface area contributed by atoms with Crippen LogP contribution >= 0.6 is 0 Å². The van der Waals surface area contributed by atoms with Crippen LogP contribution in [0.25, 0.3) is 5.65 Å². The van der Waals surface area contributed by atoms with E-state index >= 15 is 0 Å². The van der Waals surface area contributed by atoms with Crippen LogP contribution in [0.5, 0.6) is 5.75 Å². The third kappa shape index (κ3) is 3.39. The Hall–Kier alpha value is -2.45. The monoisotopic (exact) mass is 349 g/mol. The van der Waals surface area contributed by atoms with Crippen molar-refractivity contribution in [3.05, 3.63) is 60.3 Å². The van der Waals surface area contributed by atoms with Crippen molar-refractivity contribution in [3.8, 4) is 5.75 Å². The van der Waals surface area contributed by atoms with Gasteiger partial charge in [-0.05, 0) is 36.4 Å². The molecule has 24 heavy (non-hydrogen) atoms. The molecule has 6 nitrogen and oxygen atoms in total. The lowest BCUT2D eigenvalue weighted by molar-refractivity contribution is 0.417. The lowest BCUT2D eigenvalue weighted by Gasteiger charge is -2.05. The summed E-state index contributed by atoms with van der Waals surface area (Å²) in [6.45, 7) is 0.186. The number of nitrogens with zero attached hydrogens (tertiary/aromatic N) is 2. The van der Waals surface area contributed by atoms with E-state index in [9.17, 15) is 12.8 Å². The van der Waals surface area contributed by atoms with Crippen molar-refractivity contribution in [1.29, 1.82) is 0 Å². The van der Waals surface area contributed by atoms with Crippen LogP contribution in [-0.4, -0.2) is 31.5 Å². The molecule has 0 saturated heterocycles. The molecular formula is C16H16FN3O3S. The van der Waals surface area contributed by atoms with Crippen LogP contribution in [0.3, 0.4) is 0 Å². The van der Waals surface area contributed by atoms with E-state index in [0.29, 0.717) is 17.8 Å². The Morgan fingerprint density at radius 2 is 2.00 bits per heavy atom. The minimum absolute atomic E-state index is 0.0283. The van der Waals surface area contributed by atoms with Gasteiger partial charge in [-0.1, -0.05) is 0 Å². The van der Waals surface area contributed by atoms with Crippen molar-refractivity contribution >= 4 is 15.7 Å². The van der Waals surface area contributed by atoms with Crippen LogP contribution in [0.1, 0.15) is 5.69 Å². The van der Waals surface area contributed by atoms with Crippen LogP contribution in [0.2, 0.25) is 0 Å². The molecule has 8 heteroatoms. The molecule has 2 aromatic heterocycles. The van der Waals surface area contributed by atoms with Crippen molar-refractivity contribution < 1.29 is 17.5 Å². The average Bonchev–Trinajstić information content (AvgIpc) is 2.97. The number of fused-ring (bicyclic) bond motifs is 1. The van der Waals surface area contributed by atoms with E-state index in [4.69, 9.17) is 4.74 Å². The zero-order chi connectivity index (χ0) is 17.2. The summed E-state index contributed by atoms with van der Waals surface area (Å²) in [5.74, 6) is 0.170. The maximum Gasteiger partial charge on any atom is 0.240 e. The number of pyridine rings is 1. The predicted octanol–water partition coefficient (Wildman–Crippen LogP) is 2.00. The second kappa shape index (κ2) is 6.58. The molecule has 3 aromatic rings. The van der Waals surface area contributed by atoms with E-state index in [1.165, 1.54) is 12.1 Å². The molecule has 0 aliphatic heterocycles. The van der Waals surface area contributed by atoms with Crippen LogP contribution in [0.15, 0.2) is 53.7 Å². The van der Waals surface area contributed by atoms with Gasteiger partial charge in [0.15, 0.2) is 11.4 Å². The summed E-state index contributed by atoms with van der Waals surface area (Å²) < 4.78 is 46.7. The largest absolute Gasteiger partial charge is 0.493 e. The van der Waals surface area contributed by atoms with Crippen molar-refractivity contribution in [1.82, 2.24) is 14.1 Å². The first-order valence-electron chi connectivity index (χ1n) is 7.25. The molecule has 0 bridgehead atoms. The highest BCUT2D eigenvalue weighted by molar-refractivity contribution is 7.89. The zero-order valence-corrected chi connectivity index (χ0v) is 13.8. The van der Waals surface area contributed by atoms with E-state index in [-0.39, 0.29) is 11.4 Å². The van der Waals surface area contributed by atoms with Gasteiger partial charge in [-0.25, -0.2) is 22.5 Å². The minimum Gasteiger partial charge on any atom is -0.493 e. The summed E-state index contributed by atoms with van der Waals surface area (Å²) in [6.07, 6.45) is 4.09. The van der Waals surface area contributed by atoms with Crippen molar-refractivity contribution in [2.75, 3.05) is 13.7 Å². The van der Waals surface area contributed by atoms with Crippen LogP contribution in [0, 0.1) is 5.82 Å². The highest BCUT2D eigenvalue weighted by Gasteiger charge is 2.14. The number of halogens is 1. The van der Waals surface area contributed by atoms with Crippen molar-refractivity contribution in [2.24, 2.45) is 0 Å². The Labute approximate surface area is 139 Å². The Balaban J connectivity index is 1.69. The smallest absolute Gasteiger partial charge is 0.240 e. The summed E-state index contributed by atoms with van der Waals surface area (Å²) in [4.78, 5) is 4.47. The van der Waals surface area contributed by atoms with E-state index in [0.717, 1.165) is 17.8 Å². The Morgan fingerprint density at radius 3 is 2.71 bits per heavy atom. The fraction of sp³-hybridized carbons (Fsp3) is 0.188. The zero-order valence-electron chi connectivity index (χ0n) is 12.9. The van der Waals surface area contributed by atoms with E-state index < -0.39 is 15.8 Å². The molecule has 1 N–H and O–H groups in total. The molecule has 1 aromatic carbocycles. The number of methoxy groups -OCH3 is 1. The van der Waals surface area contributed by atoms with Gasteiger partial charge >= 0.3 is 0 Å². The van der Waals surface area contributed by atoms with Gasteiger partial charge in [-0.3, -0.25) is 0 Å². The van der Waals surface area contributed by atoms with Crippen molar-refractivity contribution in [3.63, 3.8) is 0 Å². The number of aromatic nitrogens is 2. The highest BCUT2D eigenvalue weighted by atomic mass is 32.2. The maximum absolute atomic E-state index is 12.9. The highest BCUT2D eigenvalue weighted by Crippen LogP contribution is 2.18. The normalized spacial score (nSPS) is 11.8. The molecular weight excluding hydrogens is 333 g/mol. The van der Waals surface area contributed by atoms with Gasteiger partial charge in [-0.15, -0.1) is 0 Å². The lowest BCUT2D eigenvalue weighted by Crippen LogP contribution is -2.26. The number of hydrogen-bond acceptors (Lipinski definition) is 4. The van der Waals surface area contributed by atoms with Gasteiger partial charge in [-0.2, -0.15) is 0 Å². The summed E-state index contributed by atoms with van der Waals surface area (Å²) in [6, 6.07) is 8.34. The van der Waals surface area contributed by atoms with Gasteiger partial charge in [0, 0.05) is 25.4 Å². The van der Waals surface area contributed by atoms with Crippen LogP contribution in [-0.2, 0) is 16.4 Å². The molecule has 3 rings (SSSR count). The number of rotatable bonds is 6. The van der Waals surface area contributed by atoms with Gasteiger partial charge < -0.3 is 9.14 Å². The molecule has 126 valence electrons. The summed E-state index contributed by atoms with van der Waals surface area (Å²) in [7, 11) is -2.10. The minimum atomic E-state index is -3.67. The number of ether oxygens (including phenoxy) is 1. The molecule has 0 atom stereocenters. The van der Waals surface area contributed by atoms with Gasteiger partial charge in [0.25, 0.3) is 0 Å². The van der Waals surface area contributed by atoms with Gasteiger partial charge in [0.05, 0.1) is 17.7 Å². The molecule has 0 unspecified atom stereocenters. The average molecular weight is 349 g/mol. The quantitative estimate of drug-likeness (QED) is 0.739. The van der Waals surface area contributed by atoms with E-state index in [1.54, 1.807) is 7.11 Å². The third-order valence-corrected chi connectivity index (χ3v) is 4.99. The first kappa shape index (κ1) is 16.4. The van der Waals surface area contributed by atoms with Gasteiger partial charge in [0.2, 0.25) is 10.0 Å². The van der Waals surface area contributed by atoms with E-state index in [1.807, 2.05) is 28.9 Å². The molecule has 2 heterocycles. The number of hydrogen-bond donors (Lipinski definition) is 1. The van der Waals surface area contributed by atoms with Crippen LogP contribution < -0.4 is 9.46 Å². The molecule has 0 radical (unpaired) electrons. The Kier molecular flexibility index (Phi) is 4.50. The predicted molar refractivity (Wildman–Crippen MR) is 87.0 cm³/mol. The standard InChI is InChI=1S/C16H16FN3O3S/c1-23-15-3-2-10-20-11-13(19-16(15)20)8-9-18-24(21,22)14-6-4-12(17)5-7-14/h2-7,10-11,18H,8-9H2,1H3. The fourth-order valence-corrected chi connectivity index (χ4v) is 3.36. The second-order valence-electron chi connectivity index (χ2n) is 5.14. The summed E-state index contributed by atoms with van der Waals surface area (Å²) in [5.41, 5.74) is 1.41.